The number of methoxy groups -OCH3 is 1. The summed E-state index contributed by atoms with van der Waals surface area (Å²) in [4.78, 5) is 17.7. The maximum absolute atomic E-state index is 13.2. The van der Waals surface area contributed by atoms with Crippen molar-refractivity contribution >= 4 is 10.9 Å². The number of hydrogen-bond acceptors (Lipinski definition) is 5. The standard InChI is InChI=1S/C21H28N6O2/c1-14-7-8-15(2)18-16(14)13-17(21(28)22-18)19(26-9-5-4-6-10-26)20-23-24-25-27(20)11-12-29-3/h7-8,13,19H,4-6,9-12H2,1-3H3,(H,22,28)/p+1/t19-/m0/s1. The zero-order valence-corrected chi connectivity index (χ0v) is 17.4. The summed E-state index contributed by atoms with van der Waals surface area (Å²) in [6.07, 6.45) is 3.53. The van der Waals surface area contributed by atoms with E-state index in [2.05, 4.69) is 39.6 Å². The molecule has 0 bridgehead atoms. The van der Waals surface area contributed by atoms with Crippen molar-refractivity contribution in [3.63, 3.8) is 0 Å². The van der Waals surface area contributed by atoms with Gasteiger partial charge < -0.3 is 14.6 Å². The molecule has 0 aliphatic carbocycles. The predicted octanol–water partition coefficient (Wildman–Crippen LogP) is 0.936. The van der Waals surface area contributed by atoms with Crippen molar-refractivity contribution in [3.05, 3.63) is 51.1 Å². The number of H-pyrrole nitrogens is 1. The Kier molecular flexibility index (Phi) is 5.73. The second kappa shape index (κ2) is 8.42. The zero-order chi connectivity index (χ0) is 20.4. The molecule has 1 aliphatic heterocycles. The first-order chi connectivity index (χ1) is 14.1. The van der Waals surface area contributed by atoms with Crippen LogP contribution < -0.4 is 10.5 Å². The Morgan fingerprint density at radius 3 is 2.72 bits per heavy atom. The number of aromatic nitrogens is 5. The van der Waals surface area contributed by atoms with Crippen LogP contribution in [0.4, 0.5) is 0 Å². The van der Waals surface area contributed by atoms with E-state index in [0.717, 1.165) is 59.3 Å². The molecule has 0 spiro atoms. The van der Waals surface area contributed by atoms with Crippen LogP contribution >= 0.6 is 0 Å². The van der Waals surface area contributed by atoms with Crippen LogP contribution in [-0.2, 0) is 11.3 Å². The molecule has 8 nitrogen and oxygen atoms in total. The van der Waals surface area contributed by atoms with Crippen LogP contribution in [0.15, 0.2) is 23.0 Å². The SMILES string of the molecule is COCCn1nnnc1[C@H](c1cc2c(C)ccc(C)c2[nH]c1=O)[NH+]1CCCCC1. The topological polar surface area (TPSA) is 90.1 Å². The molecule has 3 aromatic rings. The van der Waals surface area contributed by atoms with Crippen LogP contribution in [0, 0.1) is 13.8 Å². The highest BCUT2D eigenvalue weighted by Crippen LogP contribution is 2.23. The molecule has 1 aromatic carbocycles. The van der Waals surface area contributed by atoms with Gasteiger partial charge in [-0.05, 0) is 60.7 Å². The Labute approximate surface area is 169 Å². The molecular formula is C21H29N6O2+. The fourth-order valence-electron chi connectivity index (χ4n) is 4.40. The molecule has 0 unspecified atom stereocenters. The predicted molar refractivity (Wildman–Crippen MR) is 110 cm³/mol. The van der Waals surface area contributed by atoms with E-state index in [1.165, 1.54) is 11.3 Å². The van der Waals surface area contributed by atoms with Gasteiger partial charge in [-0.2, -0.15) is 0 Å². The monoisotopic (exact) mass is 397 g/mol. The second-order valence-electron chi connectivity index (χ2n) is 7.95. The van der Waals surface area contributed by atoms with Gasteiger partial charge >= 0.3 is 0 Å². The maximum atomic E-state index is 13.2. The molecule has 8 heteroatoms. The summed E-state index contributed by atoms with van der Waals surface area (Å²) in [5.74, 6) is 0.731. The van der Waals surface area contributed by atoms with Crippen LogP contribution in [0.25, 0.3) is 10.9 Å². The molecule has 1 fully saturated rings. The smallest absolute Gasteiger partial charge is 0.258 e. The first kappa shape index (κ1) is 19.7. The number of tetrazole rings is 1. The summed E-state index contributed by atoms with van der Waals surface area (Å²) >= 11 is 0. The minimum atomic E-state index is -0.199. The van der Waals surface area contributed by atoms with Crippen LogP contribution in [0.3, 0.4) is 0 Å². The Balaban J connectivity index is 1.88. The Hall–Kier alpha value is -2.58. The van der Waals surface area contributed by atoms with Crippen molar-refractivity contribution < 1.29 is 9.64 Å². The number of ether oxygens (including phenoxy) is 1. The quantitative estimate of drug-likeness (QED) is 0.646. The van der Waals surface area contributed by atoms with Crippen LogP contribution in [0.1, 0.15) is 47.8 Å². The third-order valence-electron chi connectivity index (χ3n) is 6.01. The molecule has 29 heavy (non-hydrogen) atoms. The number of fused-ring (bicyclic) bond motifs is 1. The number of quaternary nitrogens is 1. The van der Waals surface area contributed by atoms with Gasteiger partial charge in [0, 0.05) is 12.5 Å². The second-order valence-corrected chi connectivity index (χ2v) is 7.95. The molecule has 1 saturated heterocycles. The Morgan fingerprint density at radius 2 is 1.97 bits per heavy atom. The lowest BCUT2D eigenvalue weighted by Gasteiger charge is -2.30. The first-order valence-electron chi connectivity index (χ1n) is 10.3. The van der Waals surface area contributed by atoms with E-state index < -0.39 is 0 Å². The molecular weight excluding hydrogens is 368 g/mol. The number of hydrogen-bond donors (Lipinski definition) is 2. The van der Waals surface area contributed by atoms with E-state index in [4.69, 9.17) is 4.74 Å². The highest BCUT2D eigenvalue weighted by Gasteiger charge is 2.34. The van der Waals surface area contributed by atoms with Gasteiger partial charge in [0.15, 0.2) is 6.04 Å². The van der Waals surface area contributed by atoms with Crippen LogP contribution in [0.2, 0.25) is 0 Å². The maximum Gasteiger partial charge on any atom is 0.258 e. The average molecular weight is 398 g/mol. The van der Waals surface area contributed by atoms with Crippen molar-refractivity contribution in [2.75, 3.05) is 26.8 Å². The number of piperidine rings is 1. The summed E-state index contributed by atoms with van der Waals surface area (Å²) in [6.45, 7) is 7.20. The minimum absolute atomic E-state index is 0.0597. The van der Waals surface area contributed by atoms with E-state index in [0.29, 0.717) is 13.2 Å². The van der Waals surface area contributed by atoms with Gasteiger partial charge in [-0.25, -0.2) is 4.68 Å². The summed E-state index contributed by atoms with van der Waals surface area (Å²) < 4.78 is 7.00. The number of pyridine rings is 1. The molecule has 154 valence electrons. The Bertz CT molecular complexity index is 1050. The Morgan fingerprint density at radius 1 is 1.21 bits per heavy atom. The van der Waals surface area contributed by atoms with Gasteiger partial charge in [0.2, 0.25) is 5.82 Å². The van der Waals surface area contributed by atoms with Crippen molar-refractivity contribution in [2.45, 2.75) is 45.7 Å². The highest BCUT2D eigenvalue weighted by atomic mass is 16.5. The molecule has 0 radical (unpaired) electrons. The van der Waals surface area contributed by atoms with E-state index in [9.17, 15) is 4.79 Å². The van der Waals surface area contributed by atoms with Gasteiger partial charge in [-0.1, -0.05) is 12.1 Å². The fourth-order valence-corrected chi connectivity index (χ4v) is 4.40. The van der Waals surface area contributed by atoms with Crippen molar-refractivity contribution in [3.8, 4) is 0 Å². The molecule has 2 aromatic heterocycles. The van der Waals surface area contributed by atoms with Crippen molar-refractivity contribution in [1.29, 1.82) is 0 Å². The lowest BCUT2D eigenvalue weighted by Crippen LogP contribution is -3.13. The molecule has 0 amide bonds. The number of benzene rings is 1. The van der Waals surface area contributed by atoms with Gasteiger partial charge in [-0.3, -0.25) is 4.79 Å². The average Bonchev–Trinajstić information content (AvgIpc) is 3.19. The summed E-state index contributed by atoms with van der Waals surface area (Å²) in [7, 11) is 1.66. The van der Waals surface area contributed by atoms with E-state index in [-0.39, 0.29) is 11.6 Å². The molecule has 1 atom stereocenters. The third-order valence-corrected chi connectivity index (χ3v) is 6.01. The fraction of sp³-hybridized carbons (Fsp3) is 0.524. The molecule has 1 aliphatic rings. The van der Waals surface area contributed by atoms with Gasteiger partial charge in [0.1, 0.15) is 0 Å². The lowest BCUT2D eigenvalue weighted by atomic mass is 9.98. The van der Waals surface area contributed by atoms with Gasteiger partial charge in [-0.15, -0.1) is 5.10 Å². The van der Waals surface area contributed by atoms with Crippen LogP contribution in [0.5, 0.6) is 0 Å². The molecule has 0 saturated carbocycles. The van der Waals surface area contributed by atoms with Crippen molar-refractivity contribution in [1.82, 2.24) is 25.2 Å². The third kappa shape index (κ3) is 3.82. The zero-order valence-electron chi connectivity index (χ0n) is 17.4. The normalized spacial score (nSPS) is 16.4. The van der Waals surface area contributed by atoms with E-state index in [1.54, 1.807) is 11.8 Å². The summed E-state index contributed by atoms with van der Waals surface area (Å²) in [5, 5.41) is 13.5. The minimum Gasteiger partial charge on any atom is -0.383 e. The lowest BCUT2D eigenvalue weighted by molar-refractivity contribution is -0.931. The van der Waals surface area contributed by atoms with E-state index in [1.807, 2.05) is 13.0 Å². The number of nitrogens with zero attached hydrogens (tertiary/aromatic N) is 4. The van der Waals surface area contributed by atoms with Gasteiger partial charge in [0.05, 0.1) is 37.3 Å². The van der Waals surface area contributed by atoms with E-state index >= 15 is 0 Å². The molecule has 4 rings (SSSR count). The summed E-state index contributed by atoms with van der Waals surface area (Å²) in [6, 6.07) is 6.00. The van der Waals surface area contributed by atoms with Crippen molar-refractivity contribution in [2.24, 2.45) is 0 Å². The summed E-state index contributed by atoms with van der Waals surface area (Å²) in [5.41, 5.74) is 3.80. The number of aromatic amines is 1. The molecule has 2 N–H and O–H groups in total. The number of aryl methyl sites for hydroxylation is 2. The largest absolute Gasteiger partial charge is 0.383 e. The number of likely N-dealkylation sites (tertiary alicyclic amines) is 1. The highest BCUT2D eigenvalue weighted by molar-refractivity contribution is 5.85. The molecule has 3 heterocycles. The van der Waals surface area contributed by atoms with Crippen LogP contribution in [-0.4, -0.2) is 52.0 Å². The first-order valence-corrected chi connectivity index (χ1v) is 10.3. The number of nitrogens with one attached hydrogen (secondary N) is 2. The van der Waals surface area contributed by atoms with Gasteiger partial charge in [0.25, 0.3) is 5.56 Å². The number of rotatable bonds is 6.